The summed E-state index contributed by atoms with van der Waals surface area (Å²) in [6.45, 7) is 4.59. The summed E-state index contributed by atoms with van der Waals surface area (Å²) in [6, 6.07) is 24.2. The quantitative estimate of drug-likeness (QED) is 0.141. The normalized spacial score (nSPS) is 12.3. The zero-order valence-corrected chi connectivity index (χ0v) is 30.0. The van der Waals surface area contributed by atoms with Crippen LogP contribution in [0.25, 0.3) is 0 Å². The Morgan fingerprint density at radius 3 is 0.739 bits per heavy atom. The molecule has 2 atom stereocenters. The van der Waals surface area contributed by atoms with E-state index >= 15 is 0 Å². The predicted octanol–water partition coefficient (Wildman–Crippen LogP) is 6.10. The molecule has 0 aromatic heterocycles. The van der Waals surface area contributed by atoms with E-state index in [1.165, 1.54) is 0 Å². The maximum absolute atomic E-state index is 6.04. The molecule has 0 bridgehead atoms. The van der Waals surface area contributed by atoms with Gasteiger partial charge in [-0.15, -0.1) is 0 Å². The average molecular weight is 667 g/mol. The molecule has 0 saturated carbocycles. The number of hydrogen-bond donors (Lipinski definition) is 0. The molecule has 0 fully saturated rings. The fourth-order valence-electron chi connectivity index (χ4n) is 5.81. The van der Waals surface area contributed by atoms with E-state index < -0.39 is 15.8 Å². The molecule has 8 nitrogen and oxygen atoms in total. The number of hydrogen-bond acceptors (Lipinski definition) is 8. The van der Waals surface area contributed by atoms with Gasteiger partial charge in [-0.2, -0.15) is 0 Å². The van der Waals surface area contributed by atoms with E-state index in [4.69, 9.17) is 37.9 Å². The average Bonchev–Trinajstić information content (AvgIpc) is 3.10. The molecule has 4 aromatic rings. The Hall–Kier alpha value is -3.86. The molecule has 10 heteroatoms. The highest BCUT2D eigenvalue weighted by Gasteiger charge is 2.38. The fourth-order valence-corrected chi connectivity index (χ4v) is 12.4. The zero-order chi connectivity index (χ0) is 33.4. The maximum Gasteiger partial charge on any atom is 0.168 e. The lowest BCUT2D eigenvalue weighted by molar-refractivity contribution is 0.356. The first-order valence-corrected chi connectivity index (χ1v) is 17.6. The topological polar surface area (TPSA) is 73.8 Å². The molecular weight excluding hydrogens is 622 g/mol. The third kappa shape index (κ3) is 6.65. The van der Waals surface area contributed by atoms with Gasteiger partial charge in [0.05, 0.1) is 56.9 Å². The van der Waals surface area contributed by atoms with Crippen molar-refractivity contribution in [1.29, 1.82) is 0 Å². The summed E-state index contributed by atoms with van der Waals surface area (Å²) in [4.78, 5) is 0. The predicted molar refractivity (Wildman–Crippen MR) is 189 cm³/mol. The van der Waals surface area contributed by atoms with Crippen LogP contribution in [0.4, 0.5) is 0 Å². The van der Waals surface area contributed by atoms with Crippen molar-refractivity contribution >= 4 is 37.1 Å². The van der Waals surface area contributed by atoms with Crippen LogP contribution in [0.2, 0.25) is 0 Å². The molecule has 4 aromatic carbocycles. The molecule has 0 saturated heterocycles. The number of ether oxygens (including phenoxy) is 8. The largest absolute Gasteiger partial charge is 0.493 e. The molecule has 0 spiro atoms. The monoisotopic (exact) mass is 666 g/mol. The molecular formula is C36H44O8P2. The molecule has 2 unspecified atom stereocenters. The Bertz CT molecular complexity index is 1380. The summed E-state index contributed by atoms with van der Waals surface area (Å²) in [7, 11) is 11.1. The van der Waals surface area contributed by atoms with Gasteiger partial charge in [0.25, 0.3) is 0 Å². The molecule has 0 aliphatic heterocycles. The van der Waals surface area contributed by atoms with Crippen LogP contribution in [-0.4, -0.2) is 68.2 Å². The van der Waals surface area contributed by atoms with Gasteiger partial charge in [0.15, 0.2) is 46.0 Å². The molecule has 0 aliphatic carbocycles. The first kappa shape index (κ1) is 35.0. The van der Waals surface area contributed by atoms with Crippen LogP contribution < -0.4 is 59.1 Å². The lowest BCUT2D eigenvalue weighted by Crippen LogP contribution is -2.33. The molecule has 0 heterocycles. The summed E-state index contributed by atoms with van der Waals surface area (Å²) in [5, 5.41) is 4.14. The second-order valence-corrected chi connectivity index (χ2v) is 15.3. The van der Waals surface area contributed by atoms with Crippen LogP contribution >= 0.6 is 15.8 Å². The van der Waals surface area contributed by atoms with Crippen LogP contribution in [0.1, 0.15) is 13.8 Å². The van der Waals surface area contributed by atoms with Gasteiger partial charge in [-0.25, -0.2) is 0 Å². The molecule has 0 amide bonds. The third-order valence-corrected chi connectivity index (χ3v) is 14.3. The zero-order valence-electron chi connectivity index (χ0n) is 28.2. The van der Waals surface area contributed by atoms with Gasteiger partial charge < -0.3 is 37.9 Å². The second kappa shape index (κ2) is 16.1. The van der Waals surface area contributed by atoms with Crippen molar-refractivity contribution < 1.29 is 37.9 Å². The van der Waals surface area contributed by atoms with Gasteiger partial charge in [0.2, 0.25) is 0 Å². The fraction of sp³-hybridized carbons (Fsp3) is 0.333. The molecule has 0 N–H and O–H groups in total. The smallest absolute Gasteiger partial charge is 0.168 e. The summed E-state index contributed by atoms with van der Waals surface area (Å²) in [5.74, 6) is 5.45. The number of para-hydroxylation sites is 4. The van der Waals surface area contributed by atoms with E-state index in [2.05, 4.69) is 38.1 Å². The number of benzene rings is 4. The molecule has 0 radical (unpaired) electrons. The van der Waals surface area contributed by atoms with Crippen LogP contribution in [0.3, 0.4) is 0 Å². The van der Waals surface area contributed by atoms with Crippen molar-refractivity contribution in [3.63, 3.8) is 0 Å². The van der Waals surface area contributed by atoms with Crippen molar-refractivity contribution in [1.82, 2.24) is 0 Å². The van der Waals surface area contributed by atoms with Crippen molar-refractivity contribution in [3.8, 4) is 46.0 Å². The molecule has 4 rings (SSSR count). The van der Waals surface area contributed by atoms with Crippen molar-refractivity contribution in [2.24, 2.45) is 0 Å². The summed E-state index contributed by atoms with van der Waals surface area (Å²) >= 11 is 0. The summed E-state index contributed by atoms with van der Waals surface area (Å²) < 4.78 is 47.3. The number of methoxy groups -OCH3 is 8. The Morgan fingerprint density at radius 1 is 0.348 bits per heavy atom. The van der Waals surface area contributed by atoms with E-state index in [9.17, 15) is 0 Å². The Labute approximate surface area is 275 Å². The van der Waals surface area contributed by atoms with Gasteiger partial charge in [0, 0.05) is 21.2 Å². The van der Waals surface area contributed by atoms with E-state index in [1.807, 2.05) is 48.5 Å². The summed E-state index contributed by atoms with van der Waals surface area (Å²) in [6.07, 6.45) is 0. The van der Waals surface area contributed by atoms with Gasteiger partial charge in [-0.3, -0.25) is 0 Å². The minimum atomic E-state index is -1.15. The second-order valence-electron chi connectivity index (χ2n) is 10.3. The Morgan fingerprint density at radius 2 is 0.565 bits per heavy atom. The van der Waals surface area contributed by atoms with E-state index in [-0.39, 0.29) is 11.3 Å². The first-order valence-electron chi connectivity index (χ1n) is 14.8. The lowest BCUT2D eigenvalue weighted by atomic mass is 10.3. The maximum atomic E-state index is 6.04. The van der Waals surface area contributed by atoms with Crippen LogP contribution in [0.15, 0.2) is 72.8 Å². The molecule has 246 valence electrons. The minimum Gasteiger partial charge on any atom is -0.493 e. The summed E-state index contributed by atoms with van der Waals surface area (Å²) in [5.41, 5.74) is 0.102. The SMILES string of the molecule is COc1cccc(P(c2cccc(OC)c2OC)C(C)C(C)P(c2cccc(OC)c2OC)c2cccc(OC)c2OC)c1OC. The van der Waals surface area contributed by atoms with Crippen LogP contribution in [-0.2, 0) is 0 Å². The van der Waals surface area contributed by atoms with Gasteiger partial charge in [-0.05, 0) is 51.4 Å². The number of rotatable bonds is 15. The van der Waals surface area contributed by atoms with Gasteiger partial charge in [0.1, 0.15) is 0 Å². The Balaban J connectivity index is 2.06. The molecule has 46 heavy (non-hydrogen) atoms. The highest BCUT2D eigenvalue weighted by molar-refractivity contribution is 7.78. The highest BCUT2D eigenvalue weighted by Crippen LogP contribution is 2.57. The first-order chi connectivity index (χ1) is 22.3. The van der Waals surface area contributed by atoms with Crippen molar-refractivity contribution in [2.75, 3.05) is 56.9 Å². The van der Waals surface area contributed by atoms with Gasteiger partial charge in [-0.1, -0.05) is 62.4 Å². The standard InChI is InChI=1S/C36H44O8P2/c1-23(45(29-19-11-15-25(37-3)33(29)41-7)30-20-12-16-26(38-4)34(30)42-8)24(2)46(31-21-13-17-27(39-5)35(31)43-9)32-22-14-18-28(40-6)36(32)44-10/h11-24H,1-10H3. The van der Waals surface area contributed by atoms with Crippen LogP contribution in [0.5, 0.6) is 46.0 Å². The van der Waals surface area contributed by atoms with E-state index in [1.54, 1.807) is 56.9 Å². The van der Waals surface area contributed by atoms with Crippen molar-refractivity contribution in [3.05, 3.63) is 72.8 Å². The van der Waals surface area contributed by atoms with Crippen LogP contribution in [0, 0.1) is 0 Å². The minimum absolute atomic E-state index is 0.0509. The third-order valence-electron chi connectivity index (χ3n) is 8.08. The lowest BCUT2D eigenvalue weighted by Gasteiger charge is -2.37. The molecule has 0 aliphatic rings. The highest BCUT2D eigenvalue weighted by atomic mass is 31.1. The van der Waals surface area contributed by atoms with E-state index in [0.717, 1.165) is 21.2 Å². The van der Waals surface area contributed by atoms with Crippen molar-refractivity contribution in [2.45, 2.75) is 25.2 Å². The van der Waals surface area contributed by atoms with E-state index in [0.29, 0.717) is 46.0 Å². The Kier molecular flexibility index (Phi) is 12.3. The van der Waals surface area contributed by atoms with Gasteiger partial charge >= 0.3 is 0 Å².